The number of aliphatic hydroxyl groups excluding tert-OH is 2. The van der Waals surface area contributed by atoms with Crippen molar-refractivity contribution in [1.29, 1.82) is 0 Å². The molecule has 0 aromatic rings. The first kappa shape index (κ1) is 105. The number of carbonyl (C=O) groups is 3. The molecule has 0 amide bonds. The number of rotatable bonds is 82. The molecule has 0 spiro atoms. The molecule has 0 heterocycles. The highest BCUT2D eigenvalue weighted by Crippen LogP contribution is 2.45. The van der Waals surface area contributed by atoms with Crippen LogP contribution in [-0.4, -0.2) is 95.9 Å². The van der Waals surface area contributed by atoms with Gasteiger partial charge in [0.2, 0.25) is 0 Å². The molecule has 0 saturated heterocycles. The number of ether oxygens (including phenoxy) is 3. The van der Waals surface area contributed by atoms with Crippen LogP contribution >= 0.6 is 15.6 Å². The van der Waals surface area contributed by atoms with Crippen LogP contribution in [0.2, 0.25) is 0 Å². The summed E-state index contributed by atoms with van der Waals surface area (Å²) in [5.74, 6) is -1.56. The predicted octanol–water partition coefficient (Wildman–Crippen LogP) is 26.2. The zero-order valence-corrected chi connectivity index (χ0v) is 70.7. The van der Waals surface area contributed by atoms with Crippen LogP contribution in [0.3, 0.4) is 0 Å². The van der Waals surface area contributed by atoms with Crippen LogP contribution in [0.1, 0.15) is 367 Å². The maximum absolute atomic E-state index is 13.0. The van der Waals surface area contributed by atoms with E-state index in [-0.39, 0.29) is 19.3 Å². The summed E-state index contributed by atoms with van der Waals surface area (Å²) in [6.45, 7) is 2.50. The van der Waals surface area contributed by atoms with Gasteiger partial charge in [0.15, 0.2) is 6.10 Å². The molecule has 109 heavy (non-hydrogen) atoms. The van der Waals surface area contributed by atoms with E-state index in [4.69, 9.17) is 32.3 Å². The van der Waals surface area contributed by atoms with Crippen molar-refractivity contribution in [1.82, 2.24) is 0 Å². The third kappa shape index (κ3) is 84.4. The number of phosphoric acid groups is 2. The molecule has 0 aliphatic rings. The summed E-state index contributed by atoms with van der Waals surface area (Å²) in [5, 5.41) is 20.7. The van der Waals surface area contributed by atoms with Gasteiger partial charge in [-0.15, -0.1) is 0 Å². The maximum atomic E-state index is 13.0. The largest absolute Gasteiger partial charge is 0.472 e. The lowest BCUT2D eigenvalue weighted by molar-refractivity contribution is -0.161. The van der Waals surface area contributed by atoms with Crippen LogP contribution in [0.4, 0.5) is 0 Å². The Bertz CT molecular complexity index is 2510. The highest BCUT2D eigenvalue weighted by molar-refractivity contribution is 7.47. The SMILES string of the molecule is CC/C=C\C/C=C\C/C=C\C/C=C\C/C=C\C/C=C\CCCCCCCCCCCCCCCCC(=O)OCC(O)COP(=O)(O)OCC(O)COP(=O)(O)OCC(COC(=O)CCCCCCCCCCCCC/C=C\C/C=C\C/C=C\C/C=C\C/C=C\CC)OC(=O)CCCCCCCCCCCCCCC. The number of carbonyl (C=O) groups excluding carboxylic acids is 3. The summed E-state index contributed by atoms with van der Waals surface area (Å²) in [7, 11) is -9.79. The summed E-state index contributed by atoms with van der Waals surface area (Å²) in [6.07, 6.45) is 102. The van der Waals surface area contributed by atoms with Gasteiger partial charge in [0, 0.05) is 19.3 Å². The van der Waals surface area contributed by atoms with Crippen molar-refractivity contribution < 1.29 is 75.8 Å². The lowest BCUT2D eigenvalue weighted by Crippen LogP contribution is -2.30. The van der Waals surface area contributed by atoms with Crippen LogP contribution in [0.15, 0.2) is 134 Å². The second-order valence-corrected chi connectivity index (χ2v) is 31.8. The summed E-state index contributed by atoms with van der Waals surface area (Å²) >= 11 is 0. The molecule has 18 heteroatoms. The molecular formula is C91H158O16P2. The monoisotopic (exact) mass is 1570 g/mol. The molecule has 0 aliphatic carbocycles. The fraction of sp³-hybridized carbons (Fsp3) is 0.725. The number of unbranched alkanes of at least 4 members (excludes halogenated alkanes) is 37. The molecule has 5 atom stereocenters. The van der Waals surface area contributed by atoms with Gasteiger partial charge in [0.1, 0.15) is 25.4 Å². The average molecular weight is 1570 g/mol. The Morgan fingerprint density at radius 2 is 0.486 bits per heavy atom. The van der Waals surface area contributed by atoms with E-state index in [0.29, 0.717) is 19.3 Å². The molecule has 4 N–H and O–H groups in total. The molecular weight excluding hydrogens is 1410 g/mol. The van der Waals surface area contributed by atoms with Crippen molar-refractivity contribution in [3.05, 3.63) is 134 Å². The van der Waals surface area contributed by atoms with Gasteiger partial charge in [-0.25, -0.2) is 9.13 Å². The first-order valence-corrected chi connectivity index (χ1v) is 46.5. The molecule has 0 fully saturated rings. The quantitative estimate of drug-likeness (QED) is 0.0146. The van der Waals surface area contributed by atoms with Crippen LogP contribution in [0.5, 0.6) is 0 Å². The van der Waals surface area contributed by atoms with Crippen LogP contribution in [0, 0.1) is 0 Å². The highest BCUT2D eigenvalue weighted by atomic mass is 31.2. The van der Waals surface area contributed by atoms with E-state index in [9.17, 15) is 43.5 Å². The number of aliphatic hydroxyl groups is 2. The molecule has 628 valence electrons. The highest BCUT2D eigenvalue weighted by Gasteiger charge is 2.29. The number of hydrogen-bond acceptors (Lipinski definition) is 14. The van der Waals surface area contributed by atoms with Crippen molar-refractivity contribution >= 4 is 33.6 Å². The number of allylic oxidation sites excluding steroid dienone is 22. The fourth-order valence-corrected chi connectivity index (χ4v) is 13.4. The third-order valence-electron chi connectivity index (χ3n) is 18.4. The first-order valence-electron chi connectivity index (χ1n) is 43.5. The van der Waals surface area contributed by atoms with Crippen LogP contribution < -0.4 is 0 Å². The van der Waals surface area contributed by atoms with Crippen molar-refractivity contribution in [3.63, 3.8) is 0 Å². The lowest BCUT2D eigenvalue weighted by Gasteiger charge is -2.21. The zero-order chi connectivity index (χ0) is 79.4. The van der Waals surface area contributed by atoms with E-state index in [0.717, 1.165) is 154 Å². The normalized spacial score (nSPS) is 14.5. The first-order chi connectivity index (χ1) is 53.2. The van der Waals surface area contributed by atoms with Gasteiger partial charge in [0.25, 0.3) is 0 Å². The minimum absolute atomic E-state index is 0.107. The molecule has 0 saturated carbocycles. The Labute approximate surface area is 665 Å². The molecule has 0 radical (unpaired) electrons. The molecule has 0 aromatic heterocycles. The Morgan fingerprint density at radius 1 is 0.266 bits per heavy atom. The Morgan fingerprint density at radius 3 is 0.771 bits per heavy atom. The lowest BCUT2D eigenvalue weighted by atomic mass is 10.0. The Kier molecular flexibility index (Phi) is 79.8. The standard InChI is InChI=1S/C91H158O16P2/c1-4-7-10-13-16-19-22-25-27-29-31-33-35-37-39-40-41-42-43-44-46-48-49-51-53-55-57-60-62-65-68-71-74-77-89(94)101-80-86(92)81-103-108(97,98)104-82-87(93)83-105-109(99,100)106-85-88(107-91(96)79-76-73-70-67-64-59-24-21-18-15-12-9-6-3)84-102-90(95)78-75-72-69-66-63-61-58-56-54-52-50-47-45-38-36-34-32-30-28-26-23-20-17-14-11-8-5-2/h7-8,10-11,16-17,19-20,25-28,31-34,37-39,41-42,45,86-88,92-93H,4-6,9,12-15,18,21-24,29-30,35-36,40,43-44,46-85H2,1-3H3,(H,97,98)(H,99,100)/b10-7-,11-8-,19-16-,20-17-,27-25-,28-26-,33-31-,34-32-,39-37-,42-41-,45-38-. The van der Waals surface area contributed by atoms with Crippen LogP contribution in [-0.2, 0) is 55.8 Å². The summed E-state index contributed by atoms with van der Waals surface area (Å²) in [5.41, 5.74) is 0. The van der Waals surface area contributed by atoms with Gasteiger partial charge in [-0.05, 0) is 116 Å². The van der Waals surface area contributed by atoms with Gasteiger partial charge in [-0.2, -0.15) is 0 Å². The average Bonchev–Trinajstić information content (AvgIpc) is 0.915. The van der Waals surface area contributed by atoms with Crippen molar-refractivity contribution in [2.45, 2.75) is 386 Å². The zero-order valence-electron chi connectivity index (χ0n) is 68.9. The smallest absolute Gasteiger partial charge is 0.463 e. The van der Waals surface area contributed by atoms with Crippen LogP contribution in [0.25, 0.3) is 0 Å². The minimum Gasteiger partial charge on any atom is -0.463 e. The van der Waals surface area contributed by atoms with Gasteiger partial charge in [-0.3, -0.25) is 32.5 Å². The van der Waals surface area contributed by atoms with Crippen molar-refractivity contribution in [2.75, 3.05) is 39.6 Å². The number of phosphoric ester groups is 2. The van der Waals surface area contributed by atoms with E-state index >= 15 is 0 Å². The molecule has 0 aliphatic heterocycles. The second-order valence-electron chi connectivity index (χ2n) is 28.9. The van der Waals surface area contributed by atoms with E-state index in [2.05, 4.69) is 154 Å². The minimum atomic E-state index is -4.93. The molecule has 0 aromatic carbocycles. The van der Waals surface area contributed by atoms with E-state index in [1.807, 2.05) is 0 Å². The second kappa shape index (κ2) is 83.1. The summed E-state index contributed by atoms with van der Waals surface area (Å²) in [6, 6.07) is 0. The van der Waals surface area contributed by atoms with Crippen molar-refractivity contribution in [3.8, 4) is 0 Å². The summed E-state index contributed by atoms with van der Waals surface area (Å²) < 4.78 is 61.3. The molecule has 16 nitrogen and oxygen atoms in total. The van der Waals surface area contributed by atoms with E-state index < -0.39 is 91.5 Å². The maximum Gasteiger partial charge on any atom is 0.472 e. The topological polar surface area (TPSA) is 231 Å². The third-order valence-corrected chi connectivity index (χ3v) is 20.3. The molecule has 5 unspecified atom stereocenters. The predicted molar refractivity (Wildman–Crippen MR) is 454 cm³/mol. The van der Waals surface area contributed by atoms with Crippen molar-refractivity contribution in [2.24, 2.45) is 0 Å². The molecule has 0 bridgehead atoms. The fourth-order valence-electron chi connectivity index (χ4n) is 11.8. The number of hydrogen-bond donors (Lipinski definition) is 4. The van der Waals surface area contributed by atoms with Gasteiger partial charge in [0.05, 0.1) is 26.4 Å². The summed E-state index contributed by atoms with van der Waals surface area (Å²) in [4.78, 5) is 58.8. The Balaban J connectivity index is 4.42. The van der Waals surface area contributed by atoms with Gasteiger partial charge in [-0.1, -0.05) is 366 Å². The van der Waals surface area contributed by atoms with Gasteiger partial charge >= 0.3 is 33.6 Å². The number of esters is 3. The van der Waals surface area contributed by atoms with E-state index in [1.54, 1.807) is 0 Å². The van der Waals surface area contributed by atoms with E-state index in [1.165, 1.54) is 154 Å². The molecule has 0 rings (SSSR count). The Hall–Kier alpha value is -4.31. The van der Waals surface area contributed by atoms with Gasteiger partial charge < -0.3 is 34.2 Å².